The van der Waals surface area contributed by atoms with E-state index in [1.807, 2.05) is 6.92 Å². The van der Waals surface area contributed by atoms with Crippen LogP contribution in [-0.4, -0.2) is 28.2 Å². The van der Waals surface area contributed by atoms with Crippen LogP contribution in [0.25, 0.3) is 0 Å². The largest absolute Gasteiger partial charge is 0.480 e. The van der Waals surface area contributed by atoms with Crippen molar-refractivity contribution in [3.05, 3.63) is 0 Å². The monoisotopic (exact) mass is 296 g/mol. The molecular weight excluding hydrogens is 268 g/mol. The van der Waals surface area contributed by atoms with Gasteiger partial charge >= 0.3 is 12.0 Å². The maximum absolute atomic E-state index is 12.2. The SMILES string of the molecule is CCC1CCC(NC(=O)NC2(C)CCCC2)(C(=O)O)CC1. The summed E-state index contributed by atoms with van der Waals surface area (Å²) in [6, 6.07) is -0.322. The van der Waals surface area contributed by atoms with E-state index in [0.29, 0.717) is 18.8 Å². The van der Waals surface area contributed by atoms with Gasteiger partial charge in [0.15, 0.2) is 0 Å². The highest BCUT2D eigenvalue weighted by Crippen LogP contribution is 2.34. The van der Waals surface area contributed by atoms with Crippen LogP contribution >= 0.6 is 0 Å². The molecule has 0 aliphatic heterocycles. The number of hydrogen-bond acceptors (Lipinski definition) is 2. The molecule has 0 bridgehead atoms. The molecule has 0 aromatic carbocycles. The third-order valence-electron chi connectivity index (χ3n) is 5.42. The molecule has 0 heterocycles. The minimum absolute atomic E-state index is 0.176. The lowest BCUT2D eigenvalue weighted by Crippen LogP contribution is -2.61. The van der Waals surface area contributed by atoms with Gasteiger partial charge in [-0.15, -0.1) is 0 Å². The maximum atomic E-state index is 12.2. The number of carboxylic acids is 1. The summed E-state index contributed by atoms with van der Waals surface area (Å²) in [5.41, 5.74) is -1.25. The number of amides is 2. The first-order valence-corrected chi connectivity index (χ1v) is 8.23. The summed E-state index contributed by atoms with van der Waals surface area (Å²) in [7, 11) is 0. The van der Waals surface area contributed by atoms with Gasteiger partial charge in [-0.25, -0.2) is 9.59 Å². The van der Waals surface area contributed by atoms with E-state index >= 15 is 0 Å². The van der Waals surface area contributed by atoms with E-state index in [1.165, 1.54) is 0 Å². The van der Waals surface area contributed by atoms with Gasteiger partial charge in [-0.2, -0.15) is 0 Å². The number of nitrogens with one attached hydrogen (secondary N) is 2. The first-order chi connectivity index (χ1) is 9.89. The van der Waals surface area contributed by atoms with Crippen molar-refractivity contribution < 1.29 is 14.7 Å². The molecule has 0 saturated heterocycles. The van der Waals surface area contributed by atoms with Crippen molar-refractivity contribution in [2.75, 3.05) is 0 Å². The minimum Gasteiger partial charge on any atom is -0.480 e. The van der Waals surface area contributed by atoms with Crippen molar-refractivity contribution in [3.63, 3.8) is 0 Å². The molecule has 120 valence electrons. The maximum Gasteiger partial charge on any atom is 0.329 e. The van der Waals surface area contributed by atoms with Crippen LogP contribution in [0.2, 0.25) is 0 Å². The van der Waals surface area contributed by atoms with Crippen molar-refractivity contribution >= 4 is 12.0 Å². The third kappa shape index (κ3) is 3.69. The zero-order valence-corrected chi connectivity index (χ0v) is 13.2. The van der Waals surface area contributed by atoms with E-state index in [0.717, 1.165) is 44.9 Å². The number of rotatable bonds is 4. The zero-order valence-electron chi connectivity index (χ0n) is 13.2. The highest BCUT2D eigenvalue weighted by molar-refractivity contribution is 5.86. The molecule has 2 rings (SSSR count). The van der Waals surface area contributed by atoms with Crippen molar-refractivity contribution in [1.82, 2.24) is 10.6 Å². The van der Waals surface area contributed by atoms with E-state index in [1.54, 1.807) is 0 Å². The zero-order chi connectivity index (χ0) is 15.5. The van der Waals surface area contributed by atoms with Crippen molar-refractivity contribution in [2.24, 2.45) is 5.92 Å². The first kappa shape index (κ1) is 16.1. The number of carbonyl (C=O) groups excluding carboxylic acids is 1. The predicted molar refractivity (Wildman–Crippen MR) is 81.2 cm³/mol. The lowest BCUT2D eigenvalue weighted by Gasteiger charge is -2.38. The molecular formula is C16H28N2O3. The summed E-state index contributed by atoms with van der Waals surface area (Å²) in [6.45, 7) is 4.18. The van der Waals surface area contributed by atoms with Gasteiger partial charge in [0.05, 0.1) is 0 Å². The van der Waals surface area contributed by atoms with Crippen molar-refractivity contribution in [3.8, 4) is 0 Å². The molecule has 0 aromatic heterocycles. The third-order valence-corrected chi connectivity index (χ3v) is 5.42. The standard InChI is InChI=1S/C16H28N2O3/c1-3-12-6-10-16(11-7-12,13(19)20)18-14(21)17-15(2)8-4-5-9-15/h12H,3-11H2,1-2H3,(H,19,20)(H2,17,18,21). The smallest absolute Gasteiger partial charge is 0.329 e. The number of carboxylic acid groups (broad SMARTS) is 1. The van der Waals surface area contributed by atoms with E-state index in [2.05, 4.69) is 17.6 Å². The number of hydrogen-bond donors (Lipinski definition) is 3. The van der Waals surface area contributed by atoms with Crippen LogP contribution in [0.4, 0.5) is 4.79 Å². The molecule has 5 nitrogen and oxygen atoms in total. The summed E-state index contributed by atoms with van der Waals surface area (Å²) < 4.78 is 0. The van der Waals surface area contributed by atoms with Gasteiger partial charge in [-0.3, -0.25) is 0 Å². The molecule has 2 saturated carbocycles. The molecule has 2 aliphatic carbocycles. The lowest BCUT2D eigenvalue weighted by molar-refractivity contribution is -0.146. The summed E-state index contributed by atoms with van der Waals surface area (Å²) in [6.07, 6.45) is 8.09. The fourth-order valence-electron chi connectivity index (χ4n) is 3.77. The Morgan fingerprint density at radius 1 is 1.10 bits per heavy atom. The minimum atomic E-state index is -1.08. The molecule has 3 N–H and O–H groups in total. The second-order valence-electron chi connectivity index (χ2n) is 7.09. The Morgan fingerprint density at radius 2 is 1.67 bits per heavy atom. The van der Waals surface area contributed by atoms with Gasteiger partial charge < -0.3 is 15.7 Å². The van der Waals surface area contributed by atoms with Crippen LogP contribution in [0.3, 0.4) is 0 Å². The molecule has 0 spiro atoms. The molecule has 2 aliphatic rings. The van der Waals surface area contributed by atoms with Gasteiger partial charge in [0.2, 0.25) is 0 Å². The van der Waals surface area contributed by atoms with E-state index in [-0.39, 0.29) is 11.6 Å². The van der Waals surface area contributed by atoms with Crippen LogP contribution in [0.1, 0.15) is 71.6 Å². The second kappa shape index (κ2) is 6.24. The highest BCUT2D eigenvalue weighted by atomic mass is 16.4. The molecule has 0 atom stereocenters. The van der Waals surface area contributed by atoms with E-state index < -0.39 is 11.5 Å². The fourth-order valence-corrected chi connectivity index (χ4v) is 3.77. The Balaban J connectivity index is 1.97. The Labute approximate surface area is 126 Å². The lowest BCUT2D eigenvalue weighted by atomic mass is 9.75. The van der Waals surface area contributed by atoms with Crippen LogP contribution in [0.5, 0.6) is 0 Å². The van der Waals surface area contributed by atoms with E-state index in [9.17, 15) is 14.7 Å². The Bertz CT molecular complexity index is 394. The molecule has 0 unspecified atom stereocenters. The van der Waals surface area contributed by atoms with Gasteiger partial charge in [0.1, 0.15) is 5.54 Å². The number of urea groups is 1. The van der Waals surface area contributed by atoms with E-state index in [4.69, 9.17) is 0 Å². The Morgan fingerprint density at radius 3 is 2.14 bits per heavy atom. The van der Waals surface area contributed by atoms with Crippen LogP contribution in [0, 0.1) is 5.92 Å². The number of aliphatic carboxylic acids is 1. The van der Waals surface area contributed by atoms with Gasteiger partial charge in [0, 0.05) is 5.54 Å². The molecule has 2 fully saturated rings. The predicted octanol–water partition coefficient (Wildman–Crippen LogP) is 3.04. The summed E-state index contributed by atoms with van der Waals surface area (Å²) in [5, 5.41) is 15.4. The highest BCUT2D eigenvalue weighted by Gasteiger charge is 2.43. The van der Waals surface area contributed by atoms with Crippen molar-refractivity contribution in [1.29, 1.82) is 0 Å². The van der Waals surface area contributed by atoms with Crippen LogP contribution in [0.15, 0.2) is 0 Å². The molecule has 0 aromatic rings. The number of carbonyl (C=O) groups is 2. The fraction of sp³-hybridized carbons (Fsp3) is 0.875. The molecule has 0 radical (unpaired) electrons. The average molecular weight is 296 g/mol. The van der Waals surface area contributed by atoms with Gasteiger partial charge in [-0.1, -0.05) is 26.2 Å². The Kier molecular flexibility index (Phi) is 4.79. The normalized spacial score (nSPS) is 31.6. The second-order valence-corrected chi connectivity index (χ2v) is 7.09. The topological polar surface area (TPSA) is 78.4 Å². The van der Waals surface area contributed by atoms with Crippen LogP contribution < -0.4 is 10.6 Å². The van der Waals surface area contributed by atoms with Gasteiger partial charge in [0.25, 0.3) is 0 Å². The first-order valence-electron chi connectivity index (χ1n) is 8.23. The van der Waals surface area contributed by atoms with Gasteiger partial charge in [-0.05, 0) is 51.4 Å². The molecule has 21 heavy (non-hydrogen) atoms. The average Bonchev–Trinajstić information content (AvgIpc) is 2.85. The molecule has 5 heteroatoms. The quantitative estimate of drug-likeness (QED) is 0.746. The summed E-state index contributed by atoms with van der Waals surface area (Å²) in [5.74, 6) is -0.307. The Hall–Kier alpha value is -1.26. The summed E-state index contributed by atoms with van der Waals surface area (Å²) >= 11 is 0. The summed E-state index contributed by atoms with van der Waals surface area (Å²) in [4.78, 5) is 23.9. The molecule has 2 amide bonds. The van der Waals surface area contributed by atoms with Crippen molar-refractivity contribution in [2.45, 2.75) is 82.7 Å². The van der Waals surface area contributed by atoms with Crippen LogP contribution in [-0.2, 0) is 4.79 Å².